The molecule has 0 bridgehead atoms. The van der Waals surface area contributed by atoms with Crippen molar-refractivity contribution in [2.24, 2.45) is 5.73 Å². The summed E-state index contributed by atoms with van der Waals surface area (Å²) < 4.78 is 7.92. The number of ether oxygens (including phenoxy) is 1. The van der Waals surface area contributed by atoms with Crippen molar-refractivity contribution in [1.82, 2.24) is 20.2 Å². The van der Waals surface area contributed by atoms with Gasteiger partial charge in [-0.25, -0.2) is 4.98 Å². The number of fused-ring (bicyclic) bond motifs is 1. The van der Waals surface area contributed by atoms with Gasteiger partial charge in [-0.3, -0.25) is 19.7 Å². The number of nitrogens with two attached hydrogens (primary N) is 1. The molecule has 4 N–H and O–H groups in total. The zero-order valence-corrected chi connectivity index (χ0v) is 23.3. The van der Waals surface area contributed by atoms with E-state index in [1.807, 2.05) is 10.6 Å². The van der Waals surface area contributed by atoms with Crippen molar-refractivity contribution in [2.75, 3.05) is 6.61 Å². The molecule has 0 radical (unpaired) electrons. The minimum absolute atomic E-state index is 0.0456. The maximum atomic E-state index is 13.3. The highest BCUT2D eigenvalue weighted by molar-refractivity contribution is 6.30. The number of benzene rings is 3. The van der Waals surface area contributed by atoms with Crippen LogP contribution in [-0.4, -0.2) is 38.9 Å². The fourth-order valence-electron chi connectivity index (χ4n) is 4.92. The minimum atomic E-state index is -0.914. The molecule has 2 amide bonds. The second kappa shape index (κ2) is 12.8. The maximum absolute atomic E-state index is 13.3. The van der Waals surface area contributed by atoms with Crippen molar-refractivity contribution in [3.8, 4) is 5.75 Å². The number of nitrogens with zero attached hydrogens (tertiary/aromatic N) is 3. The summed E-state index contributed by atoms with van der Waals surface area (Å²) in [6.07, 6.45) is 4.41. The van der Waals surface area contributed by atoms with Crippen molar-refractivity contribution in [2.45, 2.75) is 38.0 Å². The molecule has 2 atom stereocenters. The van der Waals surface area contributed by atoms with Crippen molar-refractivity contribution in [3.63, 3.8) is 0 Å². The van der Waals surface area contributed by atoms with E-state index in [9.17, 15) is 19.7 Å². The molecule has 216 valence electrons. The van der Waals surface area contributed by atoms with E-state index in [1.54, 1.807) is 61.1 Å². The Hall–Kier alpha value is -4.74. The van der Waals surface area contributed by atoms with E-state index in [2.05, 4.69) is 15.6 Å². The van der Waals surface area contributed by atoms with Crippen molar-refractivity contribution in [3.05, 3.63) is 122 Å². The zero-order valence-electron chi connectivity index (χ0n) is 22.5. The number of non-ortho nitro benzene ring substituents is 1. The van der Waals surface area contributed by atoms with Crippen LogP contribution >= 0.6 is 11.6 Å². The number of hydrogen-bond acceptors (Lipinski definition) is 7. The third kappa shape index (κ3) is 6.76. The Morgan fingerprint density at radius 1 is 1.12 bits per heavy atom. The summed E-state index contributed by atoms with van der Waals surface area (Å²) >= 11 is 5.96. The van der Waals surface area contributed by atoms with E-state index in [4.69, 9.17) is 22.1 Å². The van der Waals surface area contributed by atoms with Crippen LogP contribution in [0.4, 0.5) is 5.69 Å². The monoisotopic (exact) mass is 588 g/mol. The van der Waals surface area contributed by atoms with E-state index in [0.29, 0.717) is 42.5 Å². The lowest BCUT2D eigenvalue weighted by Crippen LogP contribution is -2.46. The van der Waals surface area contributed by atoms with Gasteiger partial charge in [0.25, 0.3) is 11.6 Å². The lowest BCUT2D eigenvalue weighted by molar-refractivity contribution is -0.384. The van der Waals surface area contributed by atoms with Gasteiger partial charge in [0.15, 0.2) is 0 Å². The fraction of sp³-hybridized carbons (Fsp3) is 0.233. The zero-order chi connectivity index (χ0) is 29.6. The number of hydrogen-bond donors (Lipinski definition) is 3. The third-order valence-electron chi connectivity index (χ3n) is 7.15. The standard InChI is InChI=1S/C30H29ClN6O5/c31-21-8-4-19(5-9-21)14-27(29(32)38)35-30(39)25-3-1-2-24-26(12-13-42-28(24)25)34-16-23-15-33-18-36(23)17-20-6-10-22(11-7-20)37(40)41/h1-11,15,18,26-27,34H,12-14,16-17H2,(H2,32,38)(H,35,39). The Morgan fingerprint density at radius 2 is 1.86 bits per heavy atom. The molecule has 2 heterocycles. The topological polar surface area (TPSA) is 154 Å². The van der Waals surface area contributed by atoms with Crippen LogP contribution in [0, 0.1) is 10.1 Å². The first kappa shape index (κ1) is 28.8. The van der Waals surface area contributed by atoms with Crippen molar-refractivity contribution < 1.29 is 19.2 Å². The van der Waals surface area contributed by atoms with E-state index < -0.39 is 22.8 Å². The number of nitro groups is 1. The van der Waals surface area contributed by atoms with Crippen LogP contribution in [-0.2, 0) is 24.3 Å². The number of amides is 2. The molecule has 1 aliphatic rings. The van der Waals surface area contributed by atoms with E-state index in [-0.39, 0.29) is 18.2 Å². The number of carbonyl (C=O) groups is 2. The number of imidazole rings is 1. The molecule has 3 aromatic carbocycles. The second-order valence-electron chi connectivity index (χ2n) is 9.99. The summed E-state index contributed by atoms with van der Waals surface area (Å²) in [7, 11) is 0. The average molecular weight is 589 g/mol. The van der Waals surface area contributed by atoms with Crippen molar-refractivity contribution >= 4 is 29.1 Å². The molecule has 0 saturated heterocycles. The fourth-order valence-corrected chi connectivity index (χ4v) is 5.04. The predicted octanol–water partition coefficient (Wildman–Crippen LogP) is 3.93. The van der Waals surface area contributed by atoms with Crippen LogP contribution in [0.2, 0.25) is 5.02 Å². The van der Waals surface area contributed by atoms with Crippen LogP contribution in [0.25, 0.3) is 0 Å². The summed E-state index contributed by atoms with van der Waals surface area (Å²) in [5.41, 5.74) is 9.48. The summed E-state index contributed by atoms with van der Waals surface area (Å²) in [4.78, 5) is 40.3. The predicted molar refractivity (Wildman–Crippen MR) is 156 cm³/mol. The quantitative estimate of drug-likeness (QED) is 0.177. The molecule has 12 heteroatoms. The summed E-state index contributed by atoms with van der Waals surface area (Å²) in [5, 5.41) is 17.8. The lowest BCUT2D eigenvalue weighted by atomic mass is 9.96. The molecule has 1 aliphatic heterocycles. The minimum Gasteiger partial charge on any atom is -0.492 e. The highest BCUT2D eigenvalue weighted by atomic mass is 35.5. The Balaban J connectivity index is 1.26. The van der Waals surface area contributed by atoms with E-state index in [0.717, 1.165) is 22.4 Å². The molecular weight excluding hydrogens is 560 g/mol. The van der Waals surface area contributed by atoms with E-state index in [1.165, 1.54) is 12.1 Å². The summed E-state index contributed by atoms with van der Waals surface area (Å²) in [6.45, 7) is 1.42. The molecular formula is C30H29ClN6O5. The Morgan fingerprint density at radius 3 is 2.57 bits per heavy atom. The summed E-state index contributed by atoms with van der Waals surface area (Å²) in [6, 6.07) is 17.8. The van der Waals surface area contributed by atoms with E-state index >= 15 is 0 Å². The molecule has 11 nitrogen and oxygen atoms in total. The molecule has 2 unspecified atom stereocenters. The first-order valence-corrected chi connectivity index (χ1v) is 13.7. The SMILES string of the molecule is NC(=O)C(Cc1ccc(Cl)cc1)NC(=O)c1cccc2c1OCCC2NCc1cncn1Cc1ccc([N+](=O)[O-])cc1. The molecule has 1 aromatic heterocycles. The highest BCUT2D eigenvalue weighted by Crippen LogP contribution is 2.35. The number of nitro benzene ring substituents is 1. The van der Waals surface area contributed by atoms with Gasteiger partial charge < -0.3 is 25.7 Å². The van der Waals surface area contributed by atoms with Crippen LogP contribution in [0.5, 0.6) is 5.75 Å². The number of carbonyl (C=O) groups excluding carboxylic acids is 2. The number of aromatic nitrogens is 2. The number of primary amides is 1. The van der Waals surface area contributed by atoms with Crippen LogP contribution in [0.15, 0.2) is 79.3 Å². The third-order valence-corrected chi connectivity index (χ3v) is 7.40. The van der Waals surface area contributed by atoms with Gasteiger partial charge in [-0.15, -0.1) is 0 Å². The van der Waals surface area contributed by atoms with Gasteiger partial charge in [0.1, 0.15) is 11.8 Å². The maximum Gasteiger partial charge on any atom is 0.269 e. The number of halogens is 1. The van der Waals surface area contributed by atoms with Crippen LogP contribution < -0.4 is 21.1 Å². The molecule has 4 aromatic rings. The lowest BCUT2D eigenvalue weighted by Gasteiger charge is -2.28. The van der Waals surface area contributed by atoms with Gasteiger partial charge >= 0.3 is 0 Å². The Bertz CT molecular complexity index is 1590. The van der Waals surface area contributed by atoms with Gasteiger partial charge in [0.2, 0.25) is 5.91 Å². The average Bonchev–Trinajstić information content (AvgIpc) is 3.43. The first-order valence-electron chi connectivity index (χ1n) is 13.3. The number of para-hydroxylation sites is 1. The highest BCUT2D eigenvalue weighted by Gasteiger charge is 2.28. The molecule has 0 saturated carbocycles. The molecule has 42 heavy (non-hydrogen) atoms. The molecule has 0 aliphatic carbocycles. The normalized spacial score (nSPS) is 14.8. The molecule has 5 rings (SSSR count). The summed E-state index contributed by atoms with van der Waals surface area (Å²) in [5.74, 6) is -0.631. The largest absolute Gasteiger partial charge is 0.492 e. The number of rotatable bonds is 11. The van der Waals surface area contributed by atoms with Crippen LogP contribution in [0.1, 0.15) is 45.2 Å². The first-order chi connectivity index (χ1) is 20.3. The van der Waals surface area contributed by atoms with Crippen molar-refractivity contribution in [1.29, 1.82) is 0 Å². The van der Waals surface area contributed by atoms with Gasteiger partial charge in [-0.1, -0.05) is 48.0 Å². The van der Waals surface area contributed by atoms with Crippen LogP contribution in [0.3, 0.4) is 0 Å². The van der Waals surface area contributed by atoms with Gasteiger partial charge in [-0.05, 0) is 29.3 Å². The molecule has 0 fully saturated rings. The van der Waals surface area contributed by atoms with Gasteiger partial charge in [-0.2, -0.15) is 0 Å². The Labute approximate surface area is 246 Å². The smallest absolute Gasteiger partial charge is 0.269 e. The molecule has 0 spiro atoms. The number of nitrogens with one attached hydrogen (secondary N) is 2. The Kier molecular flexibility index (Phi) is 8.80. The second-order valence-corrected chi connectivity index (χ2v) is 10.4. The van der Waals surface area contributed by atoms with Gasteiger partial charge in [0.05, 0.1) is 29.1 Å². The van der Waals surface area contributed by atoms with Gasteiger partial charge in [0, 0.05) is 60.9 Å².